The highest BCUT2D eigenvalue weighted by molar-refractivity contribution is 5.84. The quantitative estimate of drug-likeness (QED) is 0.805. The number of aromatic nitrogens is 1. The van der Waals surface area contributed by atoms with Crippen molar-refractivity contribution in [1.29, 1.82) is 0 Å². The maximum absolute atomic E-state index is 6.20. The number of fused-ring (bicyclic) bond motifs is 1. The van der Waals surface area contributed by atoms with Gasteiger partial charge in [-0.15, -0.1) is 0 Å². The van der Waals surface area contributed by atoms with E-state index in [0.29, 0.717) is 5.92 Å². The van der Waals surface area contributed by atoms with E-state index < -0.39 is 0 Å². The Bertz CT molecular complexity index is 483. The number of hydrogen-bond donors (Lipinski definition) is 1. The van der Waals surface area contributed by atoms with E-state index in [1.807, 2.05) is 18.3 Å². The molecule has 0 radical (unpaired) electrons. The molecule has 1 saturated carbocycles. The summed E-state index contributed by atoms with van der Waals surface area (Å²) in [7, 11) is 0. The van der Waals surface area contributed by atoms with Gasteiger partial charge in [0.25, 0.3) is 0 Å². The van der Waals surface area contributed by atoms with Gasteiger partial charge in [-0.3, -0.25) is 4.98 Å². The summed E-state index contributed by atoms with van der Waals surface area (Å²) in [5.41, 5.74) is 7.27. The molecular formula is C13H14N2. The maximum Gasteiger partial charge on any atom is 0.0651 e. The average Bonchev–Trinajstić information content (AvgIpc) is 3.11. The van der Waals surface area contributed by atoms with Crippen LogP contribution in [-0.2, 0) is 0 Å². The van der Waals surface area contributed by atoms with E-state index in [1.165, 1.54) is 23.6 Å². The molecule has 76 valence electrons. The number of benzene rings is 1. The summed E-state index contributed by atoms with van der Waals surface area (Å²) < 4.78 is 0. The van der Waals surface area contributed by atoms with Crippen LogP contribution in [-0.4, -0.2) is 4.98 Å². The predicted octanol–water partition coefficient (Wildman–Crippen LogP) is 2.64. The van der Waals surface area contributed by atoms with Crippen molar-refractivity contribution in [2.45, 2.75) is 18.9 Å². The second kappa shape index (κ2) is 3.31. The predicted molar refractivity (Wildman–Crippen MR) is 61.4 cm³/mol. The van der Waals surface area contributed by atoms with Gasteiger partial charge in [-0.1, -0.05) is 24.3 Å². The third-order valence-electron chi connectivity index (χ3n) is 3.15. The van der Waals surface area contributed by atoms with Gasteiger partial charge >= 0.3 is 0 Å². The Morgan fingerprint density at radius 1 is 1.20 bits per heavy atom. The van der Waals surface area contributed by atoms with Gasteiger partial charge in [0.1, 0.15) is 0 Å². The van der Waals surface area contributed by atoms with Gasteiger partial charge in [-0.05, 0) is 30.2 Å². The van der Waals surface area contributed by atoms with Gasteiger partial charge in [-0.2, -0.15) is 0 Å². The van der Waals surface area contributed by atoms with Gasteiger partial charge in [-0.25, -0.2) is 0 Å². The number of nitrogens with zero attached hydrogens (tertiary/aromatic N) is 1. The molecule has 3 rings (SSSR count). The molecule has 0 unspecified atom stereocenters. The lowest BCUT2D eigenvalue weighted by atomic mass is 10.0. The van der Waals surface area contributed by atoms with Crippen molar-refractivity contribution in [3.8, 4) is 0 Å². The minimum absolute atomic E-state index is 0.121. The highest BCUT2D eigenvalue weighted by atomic mass is 14.8. The second-order valence-electron chi connectivity index (χ2n) is 4.28. The van der Waals surface area contributed by atoms with E-state index in [9.17, 15) is 0 Å². The molecule has 1 aromatic carbocycles. The molecule has 2 heteroatoms. The van der Waals surface area contributed by atoms with Gasteiger partial charge in [0, 0.05) is 11.6 Å². The summed E-state index contributed by atoms with van der Waals surface area (Å²) in [6.07, 6.45) is 4.37. The summed E-state index contributed by atoms with van der Waals surface area (Å²) in [4.78, 5) is 4.44. The fraction of sp³-hybridized carbons (Fsp3) is 0.308. The maximum atomic E-state index is 6.20. The number of pyridine rings is 1. The molecule has 0 spiro atoms. The van der Waals surface area contributed by atoms with E-state index in [1.54, 1.807) is 0 Å². The van der Waals surface area contributed by atoms with Crippen LogP contribution in [0.3, 0.4) is 0 Å². The number of nitrogens with two attached hydrogens (primary N) is 1. The molecule has 0 saturated heterocycles. The van der Waals surface area contributed by atoms with Crippen molar-refractivity contribution < 1.29 is 0 Å². The van der Waals surface area contributed by atoms with Crippen molar-refractivity contribution in [3.05, 3.63) is 42.2 Å². The van der Waals surface area contributed by atoms with Crippen LogP contribution in [0.2, 0.25) is 0 Å². The van der Waals surface area contributed by atoms with E-state index >= 15 is 0 Å². The fourth-order valence-electron chi connectivity index (χ4n) is 2.09. The zero-order valence-electron chi connectivity index (χ0n) is 8.56. The smallest absolute Gasteiger partial charge is 0.0651 e. The molecule has 0 aliphatic heterocycles. The third kappa shape index (κ3) is 1.51. The lowest BCUT2D eigenvalue weighted by Gasteiger charge is -2.12. The first-order valence-corrected chi connectivity index (χ1v) is 5.45. The monoisotopic (exact) mass is 198 g/mol. The van der Waals surface area contributed by atoms with Crippen LogP contribution in [0, 0.1) is 5.92 Å². The Hall–Kier alpha value is -1.41. The largest absolute Gasteiger partial charge is 0.322 e. The van der Waals surface area contributed by atoms with Crippen molar-refractivity contribution in [2.75, 3.05) is 0 Å². The van der Waals surface area contributed by atoms with Crippen LogP contribution < -0.4 is 5.73 Å². The highest BCUT2D eigenvalue weighted by Crippen LogP contribution is 2.40. The van der Waals surface area contributed by atoms with Crippen molar-refractivity contribution in [2.24, 2.45) is 11.7 Å². The molecule has 2 nitrogen and oxygen atoms in total. The summed E-state index contributed by atoms with van der Waals surface area (Å²) in [6, 6.07) is 10.5. The van der Waals surface area contributed by atoms with Crippen LogP contribution in [0.4, 0.5) is 0 Å². The Balaban J connectivity index is 2.16. The zero-order valence-corrected chi connectivity index (χ0v) is 8.56. The van der Waals surface area contributed by atoms with Crippen LogP contribution in [0.25, 0.3) is 10.8 Å². The summed E-state index contributed by atoms with van der Waals surface area (Å²) in [5, 5.41) is 2.44. The topological polar surface area (TPSA) is 38.9 Å². The van der Waals surface area contributed by atoms with Gasteiger partial charge in [0.2, 0.25) is 0 Å². The van der Waals surface area contributed by atoms with Gasteiger partial charge in [0.15, 0.2) is 0 Å². The summed E-state index contributed by atoms with van der Waals surface area (Å²) in [5.74, 6) is 0.656. The Morgan fingerprint density at radius 3 is 2.80 bits per heavy atom. The van der Waals surface area contributed by atoms with Gasteiger partial charge in [0.05, 0.1) is 11.7 Å². The molecule has 1 aromatic heterocycles. The summed E-state index contributed by atoms with van der Waals surface area (Å²) in [6.45, 7) is 0. The highest BCUT2D eigenvalue weighted by Gasteiger charge is 2.31. The SMILES string of the molecule is N[C@@H](c1nccc2ccccc12)C1CC1. The van der Waals surface area contributed by atoms with Crippen LogP contribution >= 0.6 is 0 Å². The lowest BCUT2D eigenvalue weighted by molar-refractivity contribution is 0.620. The molecule has 2 N–H and O–H groups in total. The molecule has 1 heterocycles. The minimum Gasteiger partial charge on any atom is -0.322 e. The van der Waals surface area contributed by atoms with Crippen molar-refractivity contribution >= 4 is 10.8 Å². The fourth-order valence-corrected chi connectivity index (χ4v) is 2.09. The Morgan fingerprint density at radius 2 is 2.00 bits per heavy atom. The molecule has 2 aromatic rings. The van der Waals surface area contributed by atoms with Crippen LogP contribution in [0.5, 0.6) is 0 Å². The first kappa shape index (κ1) is 8.86. The molecule has 0 amide bonds. The zero-order chi connectivity index (χ0) is 10.3. The Labute approximate surface area is 89.1 Å². The van der Waals surface area contributed by atoms with E-state index in [2.05, 4.69) is 23.2 Å². The summed E-state index contributed by atoms with van der Waals surface area (Å²) >= 11 is 0. The van der Waals surface area contributed by atoms with Crippen molar-refractivity contribution in [1.82, 2.24) is 4.98 Å². The lowest BCUT2D eigenvalue weighted by Crippen LogP contribution is -2.14. The van der Waals surface area contributed by atoms with Gasteiger partial charge < -0.3 is 5.73 Å². The molecular weight excluding hydrogens is 184 g/mol. The molecule has 1 fully saturated rings. The molecule has 1 aliphatic rings. The van der Waals surface area contributed by atoms with E-state index in [0.717, 1.165) is 5.69 Å². The number of hydrogen-bond acceptors (Lipinski definition) is 2. The van der Waals surface area contributed by atoms with Crippen molar-refractivity contribution in [3.63, 3.8) is 0 Å². The standard InChI is InChI=1S/C13H14N2/c14-12(10-5-6-10)13-11-4-2-1-3-9(11)7-8-15-13/h1-4,7-8,10,12H,5-6,14H2/t12-/m1/s1. The second-order valence-corrected chi connectivity index (χ2v) is 4.28. The molecule has 15 heavy (non-hydrogen) atoms. The molecule has 0 bridgehead atoms. The third-order valence-corrected chi connectivity index (χ3v) is 3.15. The van der Waals surface area contributed by atoms with Crippen LogP contribution in [0.1, 0.15) is 24.6 Å². The van der Waals surface area contributed by atoms with E-state index in [-0.39, 0.29) is 6.04 Å². The minimum atomic E-state index is 0.121. The first-order chi connectivity index (χ1) is 7.36. The average molecular weight is 198 g/mol. The van der Waals surface area contributed by atoms with E-state index in [4.69, 9.17) is 5.73 Å². The first-order valence-electron chi connectivity index (χ1n) is 5.45. The Kier molecular flexibility index (Phi) is 1.96. The normalized spacial score (nSPS) is 17.9. The molecule has 1 aliphatic carbocycles. The van der Waals surface area contributed by atoms with Crippen LogP contribution in [0.15, 0.2) is 36.5 Å². The molecule has 1 atom stereocenters. The number of rotatable bonds is 2.